The van der Waals surface area contributed by atoms with Gasteiger partial charge < -0.3 is 15.2 Å². The Balaban J connectivity index is 2.99. The summed E-state index contributed by atoms with van der Waals surface area (Å²) in [7, 11) is 0. The zero-order valence-electron chi connectivity index (χ0n) is 7.98. The molecule has 0 unspecified atom stereocenters. The second-order valence-corrected chi connectivity index (χ2v) is 2.78. The van der Waals surface area contributed by atoms with Crippen LogP contribution >= 0.6 is 0 Å². The van der Waals surface area contributed by atoms with Gasteiger partial charge in [0, 0.05) is 19.8 Å². The molecule has 86 valence electrons. The van der Waals surface area contributed by atoms with Gasteiger partial charge in [-0.25, -0.2) is 0 Å². The van der Waals surface area contributed by atoms with Gasteiger partial charge in [0.05, 0.1) is 0 Å². The molecular weight excluding hydrogens is 199 g/mol. The van der Waals surface area contributed by atoms with E-state index in [0.29, 0.717) is 26.2 Å². The Morgan fingerprint density at radius 3 is 2.07 bits per heavy atom. The van der Waals surface area contributed by atoms with E-state index in [-0.39, 0.29) is 6.61 Å². The minimum Gasteiger partial charge on any atom is -0.381 e. The molecule has 0 atom stereocenters. The number of alkyl halides is 3. The molecule has 0 saturated carbocycles. The fourth-order valence-electron chi connectivity index (χ4n) is 0.738. The summed E-state index contributed by atoms with van der Waals surface area (Å²) < 4.78 is 44.1. The molecule has 0 amide bonds. The summed E-state index contributed by atoms with van der Waals surface area (Å²) in [6.07, 6.45) is -3.00. The molecule has 2 N–H and O–H groups in total. The third-order valence-electron chi connectivity index (χ3n) is 1.34. The van der Waals surface area contributed by atoms with Crippen LogP contribution in [-0.2, 0) is 9.47 Å². The molecule has 3 nitrogen and oxygen atoms in total. The second kappa shape index (κ2) is 8.02. The van der Waals surface area contributed by atoms with Gasteiger partial charge in [0.2, 0.25) is 0 Å². The molecule has 0 radical (unpaired) electrons. The SMILES string of the molecule is NCCCOCCCOCC(F)(F)F. The minimum absolute atomic E-state index is 0.0716. The molecule has 14 heavy (non-hydrogen) atoms. The first kappa shape index (κ1) is 13.7. The van der Waals surface area contributed by atoms with Crippen molar-refractivity contribution in [1.29, 1.82) is 0 Å². The summed E-state index contributed by atoms with van der Waals surface area (Å²) in [5.41, 5.74) is 5.21. The second-order valence-electron chi connectivity index (χ2n) is 2.78. The molecule has 0 aromatic carbocycles. The van der Waals surface area contributed by atoms with Crippen molar-refractivity contribution in [3.8, 4) is 0 Å². The minimum atomic E-state index is -4.24. The lowest BCUT2D eigenvalue weighted by Gasteiger charge is -2.07. The maximum atomic E-state index is 11.6. The first-order valence-electron chi connectivity index (χ1n) is 4.48. The van der Waals surface area contributed by atoms with E-state index < -0.39 is 12.8 Å². The smallest absolute Gasteiger partial charge is 0.381 e. The highest BCUT2D eigenvalue weighted by molar-refractivity contribution is 4.45. The van der Waals surface area contributed by atoms with Gasteiger partial charge in [0.1, 0.15) is 6.61 Å². The van der Waals surface area contributed by atoms with E-state index in [4.69, 9.17) is 10.5 Å². The van der Waals surface area contributed by atoms with Crippen molar-refractivity contribution in [1.82, 2.24) is 0 Å². The zero-order valence-corrected chi connectivity index (χ0v) is 7.98. The topological polar surface area (TPSA) is 44.5 Å². The highest BCUT2D eigenvalue weighted by Gasteiger charge is 2.27. The molecule has 0 aromatic heterocycles. The van der Waals surface area contributed by atoms with E-state index in [1.165, 1.54) is 0 Å². The molecule has 0 fully saturated rings. The summed E-state index contributed by atoms with van der Waals surface area (Å²) in [4.78, 5) is 0. The quantitative estimate of drug-likeness (QED) is 0.621. The van der Waals surface area contributed by atoms with Crippen LogP contribution in [0.15, 0.2) is 0 Å². The van der Waals surface area contributed by atoms with Crippen LogP contribution in [0.3, 0.4) is 0 Å². The van der Waals surface area contributed by atoms with Crippen LogP contribution in [0.25, 0.3) is 0 Å². The monoisotopic (exact) mass is 215 g/mol. The average Bonchev–Trinajstić information content (AvgIpc) is 2.08. The standard InChI is InChI=1S/C8H16F3NO2/c9-8(10,11)7-14-6-2-5-13-4-1-3-12/h1-7,12H2. The summed E-state index contributed by atoms with van der Waals surface area (Å²) in [6.45, 7) is 0.413. The van der Waals surface area contributed by atoms with Crippen molar-refractivity contribution >= 4 is 0 Å². The van der Waals surface area contributed by atoms with Crippen molar-refractivity contribution in [2.75, 3.05) is 33.0 Å². The molecule has 0 aliphatic heterocycles. The summed E-state index contributed by atoms with van der Waals surface area (Å²) in [5, 5.41) is 0. The Morgan fingerprint density at radius 1 is 0.929 bits per heavy atom. The number of nitrogens with two attached hydrogens (primary N) is 1. The van der Waals surface area contributed by atoms with Crippen LogP contribution in [0.1, 0.15) is 12.8 Å². The van der Waals surface area contributed by atoms with Gasteiger partial charge in [0.25, 0.3) is 0 Å². The largest absolute Gasteiger partial charge is 0.411 e. The van der Waals surface area contributed by atoms with E-state index in [2.05, 4.69) is 4.74 Å². The molecular formula is C8H16F3NO2. The van der Waals surface area contributed by atoms with E-state index in [9.17, 15) is 13.2 Å². The predicted molar refractivity (Wildman–Crippen MR) is 46.0 cm³/mol. The van der Waals surface area contributed by atoms with Crippen molar-refractivity contribution in [3.63, 3.8) is 0 Å². The first-order chi connectivity index (χ1) is 6.56. The maximum Gasteiger partial charge on any atom is 0.411 e. The predicted octanol–water partition coefficient (Wildman–Crippen LogP) is 1.32. The normalized spacial score (nSPS) is 12.0. The Hall–Kier alpha value is -0.330. The molecule has 0 spiro atoms. The Bertz CT molecular complexity index is 130. The average molecular weight is 215 g/mol. The van der Waals surface area contributed by atoms with Gasteiger partial charge in [0.15, 0.2) is 0 Å². The Kier molecular flexibility index (Phi) is 7.83. The number of rotatable bonds is 8. The maximum absolute atomic E-state index is 11.6. The van der Waals surface area contributed by atoms with Gasteiger partial charge in [-0.3, -0.25) is 0 Å². The van der Waals surface area contributed by atoms with Crippen LogP contribution in [0, 0.1) is 0 Å². The van der Waals surface area contributed by atoms with Crippen LogP contribution in [0.2, 0.25) is 0 Å². The van der Waals surface area contributed by atoms with E-state index in [0.717, 1.165) is 6.42 Å². The van der Waals surface area contributed by atoms with Gasteiger partial charge in [-0.1, -0.05) is 0 Å². The van der Waals surface area contributed by atoms with E-state index in [1.54, 1.807) is 0 Å². The van der Waals surface area contributed by atoms with Crippen molar-refractivity contribution in [2.45, 2.75) is 19.0 Å². The van der Waals surface area contributed by atoms with Gasteiger partial charge in [-0.2, -0.15) is 13.2 Å². The molecule has 6 heteroatoms. The third-order valence-corrected chi connectivity index (χ3v) is 1.34. The van der Waals surface area contributed by atoms with Crippen molar-refractivity contribution in [3.05, 3.63) is 0 Å². The third kappa shape index (κ3) is 11.7. The summed E-state index contributed by atoms with van der Waals surface area (Å²) >= 11 is 0. The molecule has 0 aliphatic rings. The number of ether oxygens (including phenoxy) is 2. The fourth-order valence-corrected chi connectivity index (χ4v) is 0.738. The molecule has 0 aromatic rings. The van der Waals surface area contributed by atoms with Gasteiger partial charge in [-0.05, 0) is 19.4 Å². The van der Waals surface area contributed by atoms with E-state index in [1.807, 2.05) is 0 Å². The highest BCUT2D eigenvalue weighted by Crippen LogP contribution is 2.14. The number of halogens is 3. The Morgan fingerprint density at radius 2 is 1.50 bits per heavy atom. The first-order valence-corrected chi connectivity index (χ1v) is 4.48. The highest BCUT2D eigenvalue weighted by atomic mass is 19.4. The molecule has 0 heterocycles. The molecule has 0 aliphatic carbocycles. The lowest BCUT2D eigenvalue weighted by molar-refractivity contribution is -0.174. The number of hydrogen-bond donors (Lipinski definition) is 1. The van der Waals surface area contributed by atoms with Crippen LogP contribution in [-0.4, -0.2) is 39.1 Å². The molecule has 0 rings (SSSR count). The lowest BCUT2D eigenvalue weighted by atomic mass is 10.4. The fraction of sp³-hybridized carbons (Fsp3) is 1.00. The van der Waals surface area contributed by atoms with Crippen molar-refractivity contribution in [2.24, 2.45) is 5.73 Å². The van der Waals surface area contributed by atoms with Gasteiger partial charge in [-0.15, -0.1) is 0 Å². The Labute approximate surface area is 81.4 Å². The van der Waals surface area contributed by atoms with Crippen molar-refractivity contribution < 1.29 is 22.6 Å². The summed E-state index contributed by atoms with van der Waals surface area (Å²) in [6, 6.07) is 0. The van der Waals surface area contributed by atoms with Crippen LogP contribution < -0.4 is 5.73 Å². The zero-order chi connectivity index (χ0) is 10.9. The van der Waals surface area contributed by atoms with Gasteiger partial charge >= 0.3 is 6.18 Å². The molecule has 0 bridgehead atoms. The lowest BCUT2D eigenvalue weighted by Crippen LogP contribution is -2.17. The van der Waals surface area contributed by atoms with Crippen LogP contribution in [0.5, 0.6) is 0 Å². The van der Waals surface area contributed by atoms with Crippen LogP contribution in [0.4, 0.5) is 13.2 Å². The summed E-state index contributed by atoms with van der Waals surface area (Å²) in [5.74, 6) is 0. The molecule has 0 saturated heterocycles. The number of hydrogen-bond acceptors (Lipinski definition) is 3. The van der Waals surface area contributed by atoms with E-state index >= 15 is 0 Å².